The molecule has 0 fully saturated rings. The smallest absolute Gasteiger partial charge is 0.253 e. The van der Waals surface area contributed by atoms with E-state index in [1.807, 2.05) is 0 Å². The molecule has 0 radical (unpaired) electrons. The van der Waals surface area contributed by atoms with E-state index >= 15 is 0 Å². The van der Waals surface area contributed by atoms with Gasteiger partial charge in [0.05, 0.1) is 10.6 Å². The van der Waals surface area contributed by atoms with E-state index in [1.165, 1.54) is 0 Å². The van der Waals surface area contributed by atoms with Crippen molar-refractivity contribution < 1.29 is 9.21 Å². The van der Waals surface area contributed by atoms with Gasteiger partial charge in [0.2, 0.25) is 11.8 Å². The van der Waals surface area contributed by atoms with Gasteiger partial charge in [-0.1, -0.05) is 41.4 Å². The van der Waals surface area contributed by atoms with E-state index in [0.29, 0.717) is 34.7 Å². The number of nitrogens with one attached hydrogen (secondary N) is 1. The van der Waals surface area contributed by atoms with Crippen molar-refractivity contribution in [2.45, 2.75) is 33.2 Å². The van der Waals surface area contributed by atoms with Crippen LogP contribution < -0.4 is 5.32 Å². The van der Waals surface area contributed by atoms with Crippen molar-refractivity contribution in [1.82, 2.24) is 15.5 Å². The van der Waals surface area contributed by atoms with Crippen LogP contribution in [-0.4, -0.2) is 16.1 Å². The molecule has 1 unspecified atom stereocenters. The molecule has 1 amide bonds. The first-order chi connectivity index (χ1) is 10.4. The Balaban J connectivity index is 2.22. The minimum Gasteiger partial charge on any atom is -0.423 e. The predicted molar refractivity (Wildman–Crippen MR) is 87.8 cm³/mol. The third kappa shape index (κ3) is 4.30. The fourth-order valence-corrected chi connectivity index (χ4v) is 2.62. The molecule has 1 N–H and O–H groups in total. The summed E-state index contributed by atoms with van der Waals surface area (Å²) in [5, 5.41) is 11.2. The zero-order valence-electron chi connectivity index (χ0n) is 12.6. The van der Waals surface area contributed by atoms with E-state index in [9.17, 15) is 4.79 Å². The molecule has 0 saturated carbocycles. The maximum Gasteiger partial charge on any atom is 0.253 e. The van der Waals surface area contributed by atoms with E-state index in [1.54, 1.807) is 25.1 Å². The Labute approximate surface area is 142 Å². The van der Waals surface area contributed by atoms with Crippen LogP contribution in [0.1, 0.15) is 48.4 Å². The predicted octanol–water partition coefficient (Wildman–Crippen LogP) is 4.31. The topological polar surface area (TPSA) is 68.0 Å². The largest absolute Gasteiger partial charge is 0.423 e. The molecule has 1 heterocycles. The van der Waals surface area contributed by atoms with E-state index in [-0.39, 0.29) is 11.9 Å². The van der Waals surface area contributed by atoms with Gasteiger partial charge in [-0.2, -0.15) is 0 Å². The normalized spacial score (nSPS) is 12.5. The molecule has 0 aliphatic carbocycles. The van der Waals surface area contributed by atoms with Crippen LogP contribution in [0, 0.1) is 12.8 Å². The molecule has 7 heteroatoms. The highest BCUT2D eigenvalue weighted by atomic mass is 79.9. The van der Waals surface area contributed by atoms with Gasteiger partial charge in [-0.15, -0.1) is 10.2 Å². The van der Waals surface area contributed by atoms with Crippen molar-refractivity contribution >= 4 is 33.4 Å². The second-order valence-corrected chi connectivity index (χ2v) is 6.76. The van der Waals surface area contributed by atoms with Crippen molar-refractivity contribution in [2.75, 3.05) is 0 Å². The van der Waals surface area contributed by atoms with Gasteiger partial charge >= 0.3 is 0 Å². The Morgan fingerprint density at radius 3 is 2.73 bits per heavy atom. The number of halogens is 2. The van der Waals surface area contributed by atoms with Crippen LogP contribution in [0.2, 0.25) is 5.02 Å². The van der Waals surface area contributed by atoms with Gasteiger partial charge in [-0.25, -0.2) is 0 Å². The molecule has 0 aliphatic heterocycles. The third-order valence-corrected chi connectivity index (χ3v) is 3.85. The summed E-state index contributed by atoms with van der Waals surface area (Å²) in [7, 11) is 0. The molecule has 0 saturated heterocycles. The van der Waals surface area contributed by atoms with E-state index < -0.39 is 0 Å². The Hall–Kier alpha value is -1.40. The van der Waals surface area contributed by atoms with Crippen LogP contribution in [0.5, 0.6) is 0 Å². The average Bonchev–Trinajstić information content (AvgIpc) is 2.87. The molecule has 2 aromatic rings. The number of carbonyl (C=O) groups is 1. The van der Waals surface area contributed by atoms with Gasteiger partial charge in [-0.05, 0) is 30.5 Å². The standard InChI is InChI=1S/C15H17BrClN3O2/c1-8(2)6-13(15-20-19-9(3)22-15)18-14(21)11-7-10(16)4-5-12(11)17/h4-5,7-8,13H,6H2,1-3H3,(H,18,21). The lowest BCUT2D eigenvalue weighted by molar-refractivity contribution is 0.0924. The molecule has 0 bridgehead atoms. The first-order valence-corrected chi connectivity index (χ1v) is 8.10. The highest BCUT2D eigenvalue weighted by molar-refractivity contribution is 9.10. The number of hydrogen-bond acceptors (Lipinski definition) is 4. The number of aryl methyl sites for hydroxylation is 1. The summed E-state index contributed by atoms with van der Waals surface area (Å²) < 4.78 is 6.25. The lowest BCUT2D eigenvalue weighted by Crippen LogP contribution is -2.30. The first kappa shape index (κ1) is 17.0. The maximum absolute atomic E-state index is 12.5. The molecular weight excluding hydrogens is 370 g/mol. The molecule has 1 aromatic carbocycles. The van der Waals surface area contributed by atoms with Gasteiger partial charge in [0.25, 0.3) is 5.91 Å². The number of amides is 1. The molecule has 118 valence electrons. The van der Waals surface area contributed by atoms with Crippen LogP contribution in [0.25, 0.3) is 0 Å². The van der Waals surface area contributed by atoms with E-state index in [4.69, 9.17) is 16.0 Å². The molecule has 1 atom stereocenters. The quantitative estimate of drug-likeness (QED) is 0.831. The molecule has 22 heavy (non-hydrogen) atoms. The Bertz CT molecular complexity index is 673. The second kappa shape index (κ2) is 7.24. The fraction of sp³-hybridized carbons (Fsp3) is 0.400. The Morgan fingerprint density at radius 2 is 2.14 bits per heavy atom. The van der Waals surface area contributed by atoms with Gasteiger partial charge in [-0.3, -0.25) is 4.79 Å². The van der Waals surface area contributed by atoms with Crippen molar-refractivity contribution in [1.29, 1.82) is 0 Å². The summed E-state index contributed by atoms with van der Waals surface area (Å²) in [6.45, 7) is 5.85. The van der Waals surface area contributed by atoms with Crippen molar-refractivity contribution in [3.8, 4) is 0 Å². The van der Waals surface area contributed by atoms with Gasteiger partial charge < -0.3 is 9.73 Å². The molecule has 5 nitrogen and oxygen atoms in total. The number of aromatic nitrogens is 2. The minimum atomic E-state index is -0.344. The lowest BCUT2D eigenvalue weighted by atomic mass is 10.0. The Morgan fingerprint density at radius 1 is 1.41 bits per heavy atom. The summed E-state index contributed by atoms with van der Waals surface area (Å²) in [5.41, 5.74) is 0.404. The molecule has 0 aliphatic rings. The minimum absolute atomic E-state index is 0.271. The number of hydrogen-bond donors (Lipinski definition) is 1. The van der Waals surface area contributed by atoms with E-state index in [0.717, 1.165) is 4.47 Å². The van der Waals surface area contributed by atoms with E-state index in [2.05, 4.69) is 45.3 Å². The zero-order valence-corrected chi connectivity index (χ0v) is 14.9. The zero-order chi connectivity index (χ0) is 16.3. The summed E-state index contributed by atoms with van der Waals surface area (Å²) in [6, 6.07) is 4.80. The van der Waals surface area contributed by atoms with Crippen LogP contribution >= 0.6 is 27.5 Å². The SMILES string of the molecule is Cc1nnc(C(CC(C)C)NC(=O)c2cc(Br)ccc2Cl)o1. The van der Waals surface area contributed by atoms with Crippen LogP contribution in [0.3, 0.4) is 0 Å². The van der Waals surface area contributed by atoms with Crippen LogP contribution in [0.4, 0.5) is 0 Å². The Kier molecular flexibility index (Phi) is 5.58. The van der Waals surface area contributed by atoms with Gasteiger partial charge in [0.1, 0.15) is 6.04 Å². The van der Waals surface area contributed by atoms with Crippen LogP contribution in [-0.2, 0) is 0 Å². The van der Waals surface area contributed by atoms with Gasteiger partial charge in [0, 0.05) is 11.4 Å². The van der Waals surface area contributed by atoms with Crippen molar-refractivity contribution in [3.05, 3.63) is 45.0 Å². The summed E-state index contributed by atoms with van der Waals surface area (Å²) in [5.74, 6) is 0.965. The second-order valence-electron chi connectivity index (χ2n) is 5.44. The number of nitrogens with zero attached hydrogens (tertiary/aromatic N) is 2. The highest BCUT2D eigenvalue weighted by Crippen LogP contribution is 2.24. The fourth-order valence-electron chi connectivity index (χ4n) is 2.05. The van der Waals surface area contributed by atoms with Crippen LogP contribution in [0.15, 0.2) is 27.1 Å². The molecule has 2 rings (SSSR count). The van der Waals surface area contributed by atoms with Crippen molar-refractivity contribution in [2.24, 2.45) is 5.92 Å². The van der Waals surface area contributed by atoms with Gasteiger partial charge in [0.15, 0.2) is 0 Å². The maximum atomic E-state index is 12.5. The number of benzene rings is 1. The monoisotopic (exact) mass is 385 g/mol. The highest BCUT2D eigenvalue weighted by Gasteiger charge is 2.23. The third-order valence-electron chi connectivity index (χ3n) is 3.03. The summed E-state index contributed by atoms with van der Waals surface area (Å²) >= 11 is 9.44. The van der Waals surface area contributed by atoms with Crippen molar-refractivity contribution in [3.63, 3.8) is 0 Å². The number of carbonyl (C=O) groups excluding carboxylic acids is 1. The molecular formula is C15H17BrClN3O2. The average molecular weight is 387 g/mol. The summed E-state index contributed by atoms with van der Waals surface area (Å²) in [4.78, 5) is 12.5. The molecule has 1 aromatic heterocycles. The lowest BCUT2D eigenvalue weighted by Gasteiger charge is -2.17. The summed E-state index contributed by atoms with van der Waals surface area (Å²) in [6.07, 6.45) is 0.693. The first-order valence-electron chi connectivity index (χ1n) is 6.92. The molecule has 0 spiro atoms. The number of rotatable bonds is 5.